The van der Waals surface area contributed by atoms with Crippen LogP contribution in [0.4, 0.5) is 5.69 Å². The molecule has 1 aliphatic carbocycles. The Labute approximate surface area is 102 Å². The molecule has 0 bridgehead atoms. The summed E-state index contributed by atoms with van der Waals surface area (Å²) in [6.45, 7) is 6.37. The first-order valence-electron chi connectivity index (χ1n) is 6.40. The molecule has 1 N–H and O–H groups in total. The smallest absolute Gasteiger partial charge is 0.231 e. The Bertz CT molecular complexity index is 495. The Kier molecular flexibility index (Phi) is 2.09. The molecule has 0 unspecified atom stereocenters. The molecule has 0 radical (unpaired) electrons. The van der Waals surface area contributed by atoms with Crippen LogP contribution in [0.1, 0.15) is 56.7 Å². The average molecular weight is 230 g/mol. The number of aromatic nitrogens is 1. The third-order valence-electron chi connectivity index (χ3n) is 4.34. The van der Waals surface area contributed by atoms with E-state index < -0.39 is 0 Å². The Hall–Kier alpha value is -1.38. The summed E-state index contributed by atoms with van der Waals surface area (Å²) in [6, 6.07) is 2.09. The zero-order valence-electron chi connectivity index (χ0n) is 10.6. The third kappa shape index (κ3) is 1.34. The zero-order chi connectivity index (χ0) is 12.2. The number of hydrogen-bond acceptors (Lipinski definition) is 2. The van der Waals surface area contributed by atoms with Gasteiger partial charge in [-0.3, -0.25) is 9.78 Å². The molecule has 2 heterocycles. The van der Waals surface area contributed by atoms with Gasteiger partial charge in [-0.2, -0.15) is 0 Å². The van der Waals surface area contributed by atoms with E-state index in [9.17, 15) is 4.79 Å². The molecule has 1 amide bonds. The first kappa shape index (κ1) is 10.8. The van der Waals surface area contributed by atoms with E-state index >= 15 is 0 Å². The molecule has 0 spiro atoms. The van der Waals surface area contributed by atoms with Crippen LogP contribution in [0.2, 0.25) is 0 Å². The number of amides is 1. The molecule has 1 aromatic heterocycles. The van der Waals surface area contributed by atoms with Gasteiger partial charge < -0.3 is 5.32 Å². The normalized spacial score (nSPS) is 29.6. The molecule has 1 fully saturated rings. The number of carbonyl (C=O) groups is 1. The van der Waals surface area contributed by atoms with E-state index in [1.165, 1.54) is 5.56 Å². The molecule has 2 aliphatic rings. The van der Waals surface area contributed by atoms with Crippen molar-refractivity contribution in [3.8, 4) is 0 Å². The SMILES string of the molecule is CC[C@]12C[C@H]1c1ncc(C(C)C)cc1NC2=O. The fraction of sp³-hybridized carbons (Fsp3) is 0.571. The summed E-state index contributed by atoms with van der Waals surface area (Å²) >= 11 is 0. The Balaban J connectivity index is 2.03. The van der Waals surface area contributed by atoms with Crippen molar-refractivity contribution in [2.75, 3.05) is 5.32 Å². The van der Waals surface area contributed by atoms with Gasteiger partial charge in [0.25, 0.3) is 0 Å². The van der Waals surface area contributed by atoms with Crippen LogP contribution in [-0.4, -0.2) is 10.9 Å². The number of anilines is 1. The summed E-state index contributed by atoms with van der Waals surface area (Å²) in [5, 5.41) is 3.04. The van der Waals surface area contributed by atoms with Gasteiger partial charge in [-0.1, -0.05) is 20.8 Å². The van der Waals surface area contributed by atoms with Crippen LogP contribution in [0.5, 0.6) is 0 Å². The minimum atomic E-state index is -0.140. The van der Waals surface area contributed by atoms with Crippen molar-refractivity contribution in [3.63, 3.8) is 0 Å². The zero-order valence-corrected chi connectivity index (χ0v) is 10.6. The van der Waals surface area contributed by atoms with Gasteiger partial charge in [0, 0.05) is 12.1 Å². The molecule has 0 saturated heterocycles. The van der Waals surface area contributed by atoms with Crippen LogP contribution in [0, 0.1) is 5.41 Å². The van der Waals surface area contributed by atoms with Crippen LogP contribution in [-0.2, 0) is 4.79 Å². The van der Waals surface area contributed by atoms with E-state index in [4.69, 9.17) is 0 Å². The minimum absolute atomic E-state index is 0.140. The second-order valence-electron chi connectivity index (χ2n) is 5.58. The number of nitrogens with one attached hydrogen (secondary N) is 1. The Morgan fingerprint density at radius 1 is 1.59 bits per heavy atom. The monoisotopic (exact) mass is 230 g/mol. The lowest BCUT2D eigenvalue weighted by atomic mass is 9.92. The maximum Gasteiger partial charge on any atom is 0.231 e. The highest BCUT2D eigenvalue weighted by atomic mass is 16.2. The van der Waals surface area contributed by atoms with Gasteiger partial charge in [0.05, 0.1) is 16.8 Å². The molecule has 3 nitrogen and oxygen atoms in total. The van der Waals surface area contributed by atoms with Gasteiger partial charge in [-0.25, -0.2) is 0 Å². The molecule has 1 aliphatic heterocycles. The van der Waals surface area contributed by atoms with Crippen molar-refractivity contribution in [1.82, 2.24) is 4.98 Å². The highest BCUT2D eigenvalue weighted by Gasteiger charge is 2.62. The van der Waals surface area contributed by atoms with Crippen LogP contribution in [0.3, 0.4) is 0 Å². The minimum Gasteiger partial charge on any atom is -0.324 e. The maximum absolute atomic E-state index is 12.1. The fourth-order valence-electron chi connectivity index (χ4n) is 2.90. The average Bonchev–Trinajstić information content (AvgIpc) is 3.05. The van der Waals surface area contributed by atoms with Crippen molar-refractivity contribution < 1.29 is 4.79 Å². The lowest BCUT2D eigenvalue weighted by molar-refractivity contribution is -0.121. The third-order valence-corrected chi connectivity index (χ3v) is 4.34. The molecular weight excluding hydrogens is 212 g/mol. The molecule has 3 heteroatoms. The molecular formula is C14H18N2O. The van der Waals surface area contributed by atoms with Crippen LogP contribution in [0.25, 0.3) is 0 Å². The fourth-order valence-corrected chi connectivity index (χ4v) is 2.90. The first-order valence-corrected chi connectivity index (χ1v) is 6.40. The lowest BCUT2D eigenvalue weighted by Gasteiger charge is -2.23. The number of hydrogen-bond donors (Lipinski definition) is 1. The van der Waals surface area contributed by atoms with E-state index in [2.05, 4.69) is 37.1 Å². The van der Waals surface area contributed by atoms with Gasteiger partial charge >= 0.3 is 0 Å². The second-order valence-corrected chi connectivity index (χ2v) is 5.58. The number of nitrogens with zero attached hydrogens (tertiary/aromatic N) is 1. The van der Waals surface area contributed by atoms with E-state index in [-0.39, 0.29) is 11.3 Å². The maximum atomic E-state index is 12.1. The summed E-state index contributed by atoms with van der Waals surface area (Å²) in [4.78, 5) is 16.7. The Morgan fingerprint density at radius 3 is 3.00 bits per heavy atom. The van der Waals surface area contributed by atoms with E-state index in [1.54, 1.807) is 0 Å². The molecule has 0 aromatic carbocycles. The van der Waals surface area contributed by atoms with Gasteiger partial charge in [0.1, 0.15) is 0 Å². The first-order chi connectivity index (χ1) is 8.08. The topological polar surface area (TPSA) is 42.0 Å². The molecule has 90 valence electrons. The van der Waals surface area contributed by atoms with E-state index in [0.717, 1.165) is 24.2 Å². The van der Waals surface area contributed by atoms with Crippen molar-refractivity contribution in [3.05, 3.63) is 23.5 Å². The van der Waals surface area contributed by atoms with Crippen molar-refractivity contribution in [2.45, 2.75) is 45.4 Å². The van der Waals surface area contributed by atoms with Gasteiger partial charge in [0.2, 0.25) is 5.91 Å². The molecule has 1 aromatic rings. The van der Waals surface area contributed by atoms with Crippen LogP contribution >= 0.6 is 0 Å². The highest BCUT2D eigenvalue weighted by Crippen LogP contribution is 2.64. The summed E-state index contributed by atoms with van der Waals surface area (Å²) in [5.74, 6) is 0.999. The molecule has 2 atom stereocenters. The van der Waals surface area contributed by atoms with E-state index in [1.807, 2.05) is 6.20 Å². The largest absolute Gasteiger partial charge is 0.324 e. The van der Waals surface area contributed by atoms with Gasteiger partial charge in [-0.15, -0.1) is 0 Å². The summed E-state index contributed by atoms with van der Waals surface area (Å²) in [5.41, 5.74) is 3.08. The summed E-state index contributed by atoms with van der Waals surface area (Å²) < 4.78 is 0. The standard InChI is InChI=1S/C14H18N2O/c1-4-14-6-10(14)12-11(16-13(14)17)5-9(7-15-12)8(2)3/h5,7-8,10H,4,6H2,1-3H3,(H,16,17)/t10-,14-/m0/s1. The van der Waals surface area contributed by atoms with Crippen LogP contribution in [0.15, 0.2) is 12.3 Å². The van der Waals surface area contributed by atoms with Gasteiger partial charge in [-0.05, 0) is 30.4 Å². The lowest BCUT2D eigenvalue weighted by Crippen LogP contribution is -2.29. The van der Waals surface area contributed by atoms with Crippen molar-refractivity contribution >= 4 is 11.6 Å². The predicted molar refractivity (Wildman–Crippen MR) is 67.0 cm³/mol. The van der Waals surface area contributed by atoms with Crippen molar-refractivity contribution in [1.29, 1.82) is 0 Å². The number of pyridine rings is 1. The summed E-state index contributed by atoms with van der Waals surface area (Å²) in [6.07, 6.45) is 3.84. The predicted octanol–water partition coefficient (Wildman–Crippen LogP) is 3.04. The Morgan fingerprint density at radius 2 is 2.35 bits per heavy atom. The molecule has 17 heavy (non-hydrogen) atoms. The molecule has 3 rings (SSSR count). The second kappa shape index (κ2) is 3.31. The number of rotatable bonds is 2. The quantitative estimate of drug-likeness (QED) is 0.848. The van der Waals surface area contributed by atoms with Crippen molar-refractivity contribution in [2.24, 2.45) is 5.41 Å². The van der Waals surface area contributed by atoms with Gasteiger partial charge in [0.15, 0.2) is 0 Å². The highest BCUT2D eigenvalue weighted by molar-refractivity contribution is 6.02. The number of carbonyl (C=O) groups excluding carboxylic acids is 1. The van der Waals surface area contributed by atoms with E-state index in [0.29, 0.717) is 11.8 Å². The summed E-state index contributed by atoms with van der Waals surface area (Å²) in [7, 11) is 0. The number of fused-ring (bicyclic) bond motifs is 3. The van der Waals surface area contributed by atoms with Crippen LogP contribution < -0.4 is 5.32 Å². The molecule has 1 saturated carbocycles.